The van der Waals surface area contributed by atoms with E-state index in [-0.39, 0.29) is 5.91 Å². The Morgan fingerprint density at radius 2 is 1.47 bits per heavy atom. The molecule has 1 aliphatic rings. The molecule has 3 aromatic carbocycles. The molecule has 1 saturated heterocycles. The lowest BCUT2D eigenvalue weighted by atomic mass is 9.99. The van der Waals surface area contributed by atoms with Crippen molar-refractivity contribution in [3.8, 4) is 5.75 Å². The van der Waals surface area contributed by atoms with E-state index in [4.69, 9.17) is 9.47 Å². The molecule has 0 bridgehead atoms. The van der Waals surface area contributed by atoms with Crippen molar-refractivity contribution in [1.82, 2.24) is 4.90 Å². The largest absolute Gasteiger partial charge is 0.497 e. The first-order valence-corrected chi connectivity index (χ1v) is 9.55. The summed E-state index contributed by atoms with van der Waals surface area (Å²) < 4.78 is 11.2. The normalized spacial score (nSPS) is 20.7. The second-order valence-corrected chi connectivity index (χ2v) is 6.95. The standard InChI is InChI=1S/C24H21NO5/c1-29-19-14-12-18(13-15-19)23-25(22(26)17-10-6-3-7-11-17)20(21(30-23)24(27)28)16-8-4-2-5-9-16/h2-15,20-21,23H,1H3,(H,27,28)/t20-,21+,23-/m0/s1. The Morgan fingerprint density at radius 3 is 2.03 bits per heavy atom. The Morgan fingerprint density at radius 1 is 0.867 bits per heavy atom. The summed E-state index contributed by atoms with van der Waals surface area (Å²) in [6.07, 6.45) is -2.05. The predicted octanol–water partition coefficient (Wildman–Crippen LogP) is 4.06. The summed E-state index contributed by atoms with van der Waals surface area (Å²) in [6.45, 7) is 0. The lowest BCUT2D eigenvalue weighted by Gasteiger charge is -2.29. The van der Waals surface area contributed by atoms with Crippen molar-refractivity contribution in [2.24, 2.45) is 0 Å². The number of carbonyl (C=O) groups is 2. The van der Waals surface area contributed by atoms with E-state index in [1.807, 2.05) is 36.4 Å². The third-order valence-corrected chi connectivity index (χ3v) is 5.16. The highest BCUT2D eigenvalue weighted by atomic mass is 16.6. The Balaban J connectivity index is 1.83. The van der Waals surface area contributed by atoms with Crippen LogP contribution in [0, 0.1) is 0 Å². The molecule has 1 aliphatic heterocycles. The van der Waals surface area contributed by atoms with E-state index in [2.05, 4.69) is 0 Å². The fourth-order valence-electron chi connectivity index (χ4n) is 3.72. The van der Waals surface area contributed by atoms with E-state index in [0.29, 0.717) is 22.4 Å². The number of benzene rings is 3. The molecule has 1 fully saturated rings. The number of amides is 1. The average molecular weight is 403 g/mol. The highest BCUT2D eigenvalue weighted by Crippen LogP contribution is 2.44. The molecule has 0 saturated carbocycles. The van der Waals surface area contributed by atoms with Crippen LogP contribution in [0.25, 0.3) is 0 Å². The van der Waals surface area contributed by atoms with Crippen LogP contribution in [-0.2, 0) is 9.53 Å². The Kier molecular flexibility index (Phi) is 5.50. The predicted molar refractivity (Wildman–Crippen MR) is 110 cm³/mol. The number of ether oxygens (including phenoxy) is 2. The maximum absolute atomic E-state index is 13.5. The van der Waals surface area contributed by atoms with Crippen molar-refractivity contribution in [3.63, 3.8) is 0 Å². The minimum absolute atomic E-state index is 0.297. The summed E-state index contributed by atoms with van der Waals surface area (Å²) in [6, 6.07) is 24.2. The molecule has 0 aromatic heterocycles. The molecule has 3 aromatic rings. The third-order valence-electron chi connectivity index (χ3n) is 5.16. The summed E-state index contributed by atoms with van der Waals surface area (Å²) in [5, 5.41) is 9.88. The second-order valence-electron chi connectivity index (χ2n) is 6.95. The first-order valence-electron chi connectivity index (χ1n) is 9.55. The van der Waals surface area contributed by atoms with Gasteiger partial charge in [0.05, 0.1) is 13.2 Å². The van der Waals surface area contributed by atoms with Crippen LogP contribution in [0.3, 0.4) is 0 Å². The van der Waals surface area contributed by atoms with Gasteiger partial charge in [-0.3, -0.25) is 9.69 Å². The van der Waals surface area contributed by atoms with Gasteiger partial charge in [-0.25, -0.2) is 4.79 Å². The Labute approximate surface area is 174 Å². The summed E-state index contributed by atoms with van der Waals surface area (Å²) in [5.74, 6) is -0.758. The van der Waals surface area contributed by atoms with Gasteiger partial charge in [-0.1, -0.05) is 60.7 Å². The zero-order chi connectivity index (χ0) is 21.1. The van der Waals surface area contributed by atoms with Crippen molar-refractivity contribution in [2.75, 3.05) is 7.11 Å². The van der Waals surface area contributed by atoms with E-state index in [1.54, 1.807) is 55.6 Å². The molecule has 4 rings (SSSR count). The zero-order valence-corrected chi connectivity index (χ0v) is 16.3. The van der Waals surface area contributed by atoms with Crippen LogP contribution in [0.4, 0.5) is 0 Å². The van der Waals surface area contributed by atoms with Gasteiger partial charge < -0.3 is 14.6 Å². The summed E-state index contributed by atoms with van der Waals surface area (Å²) in [7, 11) is 1.57. The molecule has 1 amide bonds. The van der Waals surface area contributed by atoms with Gasteiger partial charge in [0.2, 0.25) is 0 Å². The molecule has 0 spiro atoms. The van der Waals surface area contributed by atoms with Crippen LogP contribution in [0.2, 0.25) is 0 Å². The zero-order valence-electron chi connectivity index (χ0n) is 16.3. The lowest BCUT2D eigenvalue weighted by Crippen LogP contribution is -2.36. The van der Waals surface area contributed by atoms with Crippen LogP contribution in [0.15, 0.2) is 84.9 Å². The molecule has 1 N–H and O–H groups in total. The third kappa shape index (κ3) is 3.65. The first-order chi connectivity index (χ1) is 14.6. The number of nitrogens with zero attached hydrogens (tertiary/aromatic N) is 1. The summed E-state index contributed by atoms with van der Waals surface area (Å²) >= 11 is 0. The van der Waals surface area contributed by atoms with Gasteiger partial charge in [-0.2, -0.15) is 0 Å². The number of hydrogen-bond donors (Lipinski definition) is 1. The Hall–Kier alpha value is -3.64. The number of carboxylic acid groups (broad SMARTS) is 1. The van der Waals surface area contributed by atoms with Crippen LogP contribution in [0.1, 0.15) is 33.8 Å². The van der Waals surface area contributed by atoms with Crippen molar-refractivity contribution in [3.05, 3.63) is 102 Å². The number of hydrogen-bond acceptors (Lipinski definition) is 4. The van der Waals surface area contributed by atoms with Gasteiger partial charge in [-0.15, -0.1) is 0 Å². The van der Waals surface area contributed by atoms with Crippen molar-refractivity contribution < 1.29 is 24.2 Å². The first kappa shape index (κ1) is 19.7. The minimum Gasteiger partial charge on any atom is -0.497 e. The molecule has 3 atom stereocenters. The second kappa shape index (κ2) is 8.39. The van der Waals surface area contributed by atoms with Gasteiger partial charge in [0, 0.05) is 11.1 Å². The van der Waals surface area contributed by atoms with Crippen LogP contribution in [0.5, 0.6) is 5.75 Å². The fraction of sp³-hybridized carbons (Fsp3) is 0.167. The molecule has 0 unspecified atom stereocenters. The van der Waals surface area contributed by atoms with Crippen molar-refractivity contribution in [2.45, 2.75) is 18.4 Å². The molecule has 30 heavy (non-hydrogen) atoms. The van der Waals surface area contributed by atoms with Crippen LogP contribution in [-0.4, -0.2) is 35.1 Å². The smallest absolute Gasteiger partial charge is 0.335 e. The highest BCUT2D eigenvalue weighted by molar-refractivity contribution is 5.95. The number of aliphatic carboxylic acids is 1. The summed E-state index contributed by atoms with van der Waals surface area (Å²) in [4.78, 5) is 27.1. The monoisotopic (exact) mass is 403 g/mol. The molecular formula is C24H21NO5. The lowest BCUT2D eigenvalue weighted by molar-refractivity contribution is -0.150. The Bertz CT molecular complexity index is 1020. The quantitative estimate of drug-likeness (QED) is 0.695. The molecule has 6 nitrogen and oxygen atoms in total. The molecule has 6 heteroatoms. The topological polar surface area (TPSA) is 76.1 Å². The van der Waals surface area contributed by atoms with Gasteiger partial charge >= 0.3 is 5.97 Å². The number of carbonyl (C=O) groups excluding carboxylic acids is 1. The highest BCUT2D eigenvalue weighted by Gasteiger charge is 2.49. The van der Waals surface area contributed by atoms with Gasteiger partial charge in [0.1, 0.15) is 5.75 Å². The van der Waals surface area contributed by atoms with Gasteiger partial charge in [0.25, 0.3) is 5.91 Å². The van der Waals surface area contributed by atoms with Crippen molar-refractivity contribution in [1.29, 1.82) is 0 Å². The van der Waals surface area contributed by atoms with E-state index >= 15 is 0 Å². The van der Waals surface area contributed by atoms with E-state index < -0.39 is 24.3 Å². The van der Waals surface area contributed by atoms with Gasteiger partial charge in [0.15, 0.2) is 12.3 Å². The molecule has 1 heterocycles. The molecule has 0 radical (unpaired) electrons. The van der Waals surface area contributed by atoms with E-state index in [0.717, 1.165) is 0 Å². The SMILES string of the molecule is COc1ccc([C@@H]2O[C@@H](C(=O)O)[C@H](c3ccccc3)N2C(=O)c2ccccc2)cc1. The fourth-order valence-corrected chi connectivity index (χ4v) is 3.72. The molecule has 0 aliphatic carbocycles. The maximum atomic E-state index is 13.5. The van der Waals surface area contributed by atoms with E-state index in [9.17, 15) is 14.7 Å². The average Bonchev–Trinajstić information content (AvgIpc) is 3.21. The minimum atomic E-state index is -1.20. The van der Waals surface area contributed by atoms with Crippen LogP contribution >= 0.6 is 0 Å². The number of methoxy groups -OCH3 is 1. The molecular weight excluding hydrogens is 382 g/mol. The number of carboxylic acids is 1. The van der Waals surface area contributed by atoms with Crippen molar-refractivity contribution >= 4 is 11.9 Å². The van der Waals surface area contributed by atoms with E-state index in [1.165, 1.54) is 4.90 Å². The van der Waals surface area contributed by atoms with Crippen LogP contribution < -0.4 is 4.74 Å². The maximum Gasteiger partial charge on any atom is 0.335 e. The van der Waals surface area contributed by atoms with Gasteiger partial charge in [-0.05, 0) is 29.8 Å². The summed E-state index contributed by atoms with van der Waals surface area (Å²) in [5.41, 5.74) is 1.83. The number of rotatable bonds is 5. The molecule has 152 valence electrons.